The fourth-order valence-corrected chi connectivity index (χ4v) is 0.144. The van der Waals surface area contributed by atoms with Crippen LogP contribution >= 0.6 is 0 Å². The molecule has 0 aromatic rings. The molecule has 0 heterocycles. The third-order valence-electron chi connectivity index (χ3n) is 0.498. The van der Waals surface area contributed by atoms with E-state index in [-0.39, 0.29) is 6.61 Å². The van der Waals surface area contributed by atoms with Gasteiger partial charge in [-0.1, -0.05) is 19.8 Å². The van der Waals surface area contributed by atoms with Crippen molar-refractivity contribution >= 4 is 0 Å². The van der Waals surface area contributed by atoms with Crippen molar-refractivity contribution in [3.63, 3.8) is 0 Å². The summed E-state index contributed by atoms with van der Waals surface area (Å²) in [6.45, 7) is 4.29. The number of hydrogen-bond donors (Lipinski definition) is 0. The molecule has 0 N–H and O–H groups in total. The van der Waals surface area contributed by atoms with Crippen LogP contribution in [-0.2, 0) is 18.3 Å². The van der Waals surface area contributed by atoms with Crippen LogP contribution in [0.2, 0.25) is 5.02 Å². The van der Waals surface area contributed by atoms with Crippen LogP contribution in [0, 0.1) is 0 Å². The van der Waals surface area contributed by atoms with Crippen molar-refractivity contribution in [1.29, 1.82) is 0 Å². The second kappa shape index (κ2) is 15.6. The molecule has 0 radical (unpaired) electrons. The molecule has 46 valence electrons. The molecule has 0 bridgehead atoms. The second-order valence-electron chi connectivity index (χ2n) is 1.56. The molecule has 2 heteroatoms. The van der Waals surface area contributed by atoms with Crippen molar-refractivity contribution in [3.05, 3.63) is 0 Å². The number of hydrogen-bond acceptors (Lipinski definition) is 1. The fourth-order valence-electron chi connectivity index (χ4n) is 0.144. The van der Waals surface area contributed by atoms with Crippen LogP contribution in [0.5, 0.6) is 0 Å². The van der Waals surface area contributed by atoms with Crippen molar-refractivity contribution in [1.82, 2.24) is 0 Å². The normalized spacial score (nSPS) is 7.62. The Labute approximate surface area is 62.2 Å². The standard InChI is InChI=1S/C4H9O.C2H5.Zn/c1-2-3-4-5;1-2;/h2-4H2,1H3;1H2,2H3;/q-1;;+1. The molecule has 0 aliphatic carbocycles. The van der Waals surface area contributed by atoms with E-state index in [2.05, 4.69) is 6.92 Å². The molecule has 0 aliphatic rings. The summed E-state index contributed by atoms with van der Waals surface area (Å²) in [6.07, 6.45) is 1.86. The predicted octanol–water partition coefficient (Wildman–Crippen LogP) is 1.12. The Bertz CT molecular complexity index is 22.5. The maximum absolute atomic E-state index is 9.53. The second-order valence-corrected chi connectivity index (χ2v) is 3.66. The van der Waals surface area contributed by atoms with Crippen LogP contribution in [0.25, 0.3) is 0 Å². The first-order valence-electron chi connectivity index (χ1n) is 3.20. The van der Waals surface area contributed by atoms with Crippen LogP contribution in [0.3, 0.4) is 0 Å². The summed E-state index contributed by atoms with van der Waals surface area (Å²) in [5, 5.41) is 10.9. The molecule has 0 saturated carbocycles. The molecule has 0 spiro atoms. The van der Waals surface area contributed by atoms with E-state index in [1.54, 1.807) is 0 Å². The van der Waals surface area contributed by atoms with E-state index in [1.165, 1.54) is 23.3 Å². The fraction of sp³-hybridized carbons (Fsp3) is 1.00. The summed E-state index contributed by atoms with van der Waals surface area (Å²) in [6, 6.07) is 0. The van der Waals surface area contributed by atoms with E-state index in [0.717, 1.165) is 12.8 Å². The number of rotatable bonds is 2. The molecule has 0 atom stereocenters. The van der Waals surface area contributed by atoms with E-state index in [9.17, 15) is 5.11 Å². The van der Waals surface area contributed by atoms with Crippen LogP contribution in [0.1, 0.15) is 26.7 Å². The summed E-state index contributed by atoms with van der Waals surface area (Å²) < 4.78 is 0. The van der Waals surface area contributed by atoms with Gasteiger partial charge in [0.05, 0.1) is 0 Å². The zero-order valence-electron chi connectivity index (χ0n) is 5.94. The summed E-state index contributed by atoms with van der Waals surface area (Å²) in [5.41, 5.74) is 0. The van der Waals surface area contributed by atoms with Gasteiger partial charge in [-0.25, -0.2) is 0 Å². The van der Waals surface area contributed by atoms with Gasteiger partial charge in [0.25, 0.3) is 0 Å². The first-order chi connectivity index (χ1) is 3.83. The minimum absolute atomic E-state index is 0.0938. The van der Waals surface area contributed by atoms with Crippen LogP contribution in [0.4, 0.5) is 0 Å². The Kier molecular flexibility index (Phi) is 22.3. The van der Waals surface area contributed by atoms with Crippen molar-refractivity contribution < 1.29 is 23.4 Å². The predicted molar refractivity (Wildman–Crippen MR) is 30.3 cm³/mol. The average molecular weight is 168 g/mol. The molecule has 0 rings (SSSR count). The molecule has 0 aromatic heterocycles. The number of unbranched alkanes of at least 4 members (excludes halogenated alkanes) is 1. The van der Waals surface area contributed by atoms with Crippen LogP contribution in [0.15, 0.2) is 0 Å². The molecule has 8 heavy (non-hydrogen) atoms. The summed E-state index contributed by atoms with van der Waals surface area (Å²) in [4.78, 5) is 0. The maximum atomic E-state index is 9.53. The monoisotopic (exact) mass is 166 g/mol. The molecular weight excluding hydrogens is 153 g/mol. The minimum atomic E-state index is 0.0938. The molecule has 0 aliphatic heterocycles. The van der Waals surface area contributed by atoms with Gasteiger partial charge in [-0.05, 0) is 0 Å². The van der Waals surface area contributed by atoms with Gasteiger partial charge in [-0.2, -0.15) is 0 Å². The molecule has 0 fully saturated rings. The zero-order chi connectivity index (χ0) is 6.83. The topological polar surface area (TPSA) is 23.1 Å². The third-order valence-corrected chi connectivity index (χ3v) is 0.498. The van der Waals surface area contributed by atoms with Gasteiger partial charge in [-0.3, -0.25) is 0 Å². The van der Waals surface area contributed by atoms with Gasteiger partial charge in [0.2, 0.25) is 0 Å². The SMILES string of the molecule is CCCC[O-].C[CH2][Zn+]. The van der Waals surface area contributed by atoms with Crippen LogP contribution < -0.4 is 5.11 Å². The molecule has 0 unspecified atom stereocenters. The van der Waals surface area contributed by atoms with E-state index in [0.29, 0.717) is 0 Å². The van der Waals surface area contributed by atoms with E-state index in [1.807, 2.05) is 6.92 Å². The van der Waals surface area contributed by atoms with Crippen LogP contribution in [-0.4, -0.2) is 6.61 Å². The summed E-state index contributed by atoms with van der Waals surface area (Å²) >= 11 is 1.44. The Morgan fingerprint density at radius 1 is 1.38 bits per heavy atom. The quantitative estimate of drug-likeness (QED) is 0.566. The zero-order valence-corrected chi connectivity index (χ0v) is 8.91. The van der Waals surface area contributed by atoms with Gasteiger partial charge < -0.3 is 5.11 Å². The first-order valence-corrected chi connectivity index (χ1v) is 5.30. The molecule has 0 aromatic carbocycles. The van der Waals surface area contributed by atoms with Gasteiger partial charge >= 0.3 is 30.2 Å². The molecular formula is C6H14OZn. The summed E-state index contributed by atoms with van der Waals surface area (Å²) in [7, 11) is 0. The van der Waals surface area contributed by atoms with E-state index in [4.69, 9.17) is 0 Å². The Morgan fingerprint density at radius 2 is 1.75 bits per heavy atom. The van der Waals surface area contributed by atoms with Crippen molar-refractivity contribution in [2.75, 3.05) is 6.61 Å². The van der Waals surface area contributed by atoms with Gasteiger partial charge in [0, 0.05) is 0 Å². The molecule has 0 amide bonds. The van der Waals surface area contributed by atoms with Crippen molar-refractivity contribution in [2.45, 2.75) is 31.7 Å². The van der Waals surface area contributed by atoms with Gasteiger partial charge in [0.15, 0.2) is 0 Å². The Morgan fingerprint density at radius 3 is 1.75 bits per heavy atom. The van der Waals surface area contributed by atoms with E-state index >= 15 is 0 Å². The first kappa shape index (κ1) is 11.4. The molecule has 0 saturated heterocycles. The van der Waals surface area contributed by atoms with Crippen molar-refractivity contribution in [3.8, 4) is 0 Å². The summed E-state index contributed by atoms with van der Waals surface area (Å²) in [5.74, 6) is 0. The van der Waals surface area contributed by atoms with Gasteiger partial charge in [-0.15, -0.1) is 6.61 Å². The van der Waals surface area contributed by atoms with Crippen molar-refractivity contribution in [2.24, 2.45) is 0 Å². The Hall–Kier alpha value is 0.583. The van der Waals surface area contributed by atoms with Gasteiger partial charge in [0.1, 0.15) is 0 Å². The average Bonchev–Trinajstić information content (AvgIpc) is 1.71. The third kappa shape index (κ3) is 30.8. The molecule has 1 nitrogen and oxygen atoms in total. The Balaban J connectivity index is 0. The van der Waals surface area contributed by atoms with E-state index < -0.39 is 0 Å².